The zero-order valence-electron chi connectivity index (χ0n) is 7.53. The fraction of sp³-hybridized carbons (Fsp3) is 0.625. The van der Waals surface area contributed by atoms with Gasteiger partial charge in [-0.25, -0.2) is 4.98 Å². The van der Waals surface area contributed by atoms with Gasteiger partial charge in [0.15, 0.2) is 0 Å². The predicted octanol–water partition coefficient (Wildman–Crippen LogP) is -0.574. The van der Waals surface area contributed by atoms with Crippen LogP contribution in [0.15, 0.2) is 10.6 Å². The lowest BCUT2D eigenvalue weighted by molar-refractivity contribution is 0.0937. The van der Waals surface area contributed by atoms with Crippen LogP contribution in [-0.4, -0.2) is 34.5 Å². The van der Waals surface area contributed by atoms with Gasteiger partial charge in [0.05, 0.1) is 25.5 Å². The van der Waals surface area contributed by atoms with Gasteiger partial charge < -0.3 is 19.9 Å². The van der Waals surface area contributed by atoms with Crippen LogP contribution >= 0.6 is 0 Å². The summed E-state index contributed by atoms with van der Waals surface area (Å²) < 4.78 is 5.18. The third kappa shape index (κ3) is 3.54. The fourth-order valence-corrected chi connectivity index (χ4v) is 0.893. The van der Waals surface area contributed by atoms with E-state index in [2.05, 4.69) is 10.3 Å². The second-order valence-corrected chi connectivity index (χ2v) is 2.83. The summed E-state index contributed by atoms with van der Waals surface area (Å²) in [5.74, 6) is 1.35. The number of aryl methyl sites for hydroxylation is 1. The highest BCUT2D eigenvalue weighted by Gasteiger charge is 2.03. The average Bonchev–Trinajstić information content (AvgIpc) is 2.51. The molecule has 0 saturated carbocycles. The van der Waals surface area contributed by atoms with Gasteiger partial charge in [-0.3, -0.25) is 0 Å². The van der Waals surface area contributed by atoms with E-state index in [4.69, 9.17) is 14.6 Å². The molecule has 1 atom stereocenters. The predicted molar refractivity (Wildman–Crippen MR) is 46.0 cm³/mol. The van der Waals surface area contributed by atoms with Crippen LogP contribution in [0.3, 0.4) is 0 Å². The largest absolute Gasteiger partial charge is 0.445 e. The van der Waals surface area contributed by atoms with Gasteiger partial charge in [0.2, 0.25) is 5.89 Å². The highest BCUT2D eigenvalue weighted by Crippen LogP contribution is 2.00. The summed E-state index contributed by atoms with van der Waals surface area (Å²) in [4.78, 5) is 3.97. The average molecular weight is 186 g/mol. The number of aliphatic hydroxyl groups excluding tert-OH is 2. The van der Waals surface area contributed by atoms with Gasteiger partial charge in [0.1, 0.15) is 5.76 Å². The summed E-state index contributed by atoms with van der Waals surface area (Å²) >= 11 is 0. The molecule has 0 aliphatic carbocycles. The molecule has 1 aromatic heterocycles. The zero-order valence-corrected chi connectivity index (χ0v) is 7.53. The molecule has 3 N–H and O–H groups in total. The Morgan fingerprint density at radius 2 is 2.46 bits per heavy atom. The van der Waals surface area contributed by atoms with Crippen molar-refractivity contribution < 1.29 is 14.6 Å². The van der Waals surface area contributed by atoms with E-state index in [9.17, 15) is 0 Å². The van der Waals surface area contributed by atoms with Crippen LogP contribution in [0.4, 0.5) is 0 Å². The SMILES string of the molecule is Cc1cnc(CNC[C@H](O)CO)o1. The Labute approximate surface area is 76.4 Å². The van der Waals surface area contributed by atoms with E-state index in [0.29, 0.717) is 19.0 Å². The molecular formula is C8H14N2O3. The Morgan fingerprint density at radius 1 is 1.69 bits per heavy atom. The van der Waals surface area contributed by atoms with Crippen molar-refractivity contribution in [3.8, 4) is 0 Å². The molecule has 0 saturated heterocycles. The molecule has 0 radical (unpaired) electrons. The maximum Gasteiger partial charge on any atom is 0.208 e. The number of nitrogens with one attached hydrogen (secondary N) is 1. The van der Waals surface area contributed by atoms with Crippen molar-refractivity contribution in [2.75, 3.05) is 13.2 Å². The molecule has 74 valence electrons. The smallest absolute Gasteiger partial charge is 0.208 e. The van der Waals surface area contributed by atoms with Crippen molar-refractivity contribution in [3.05, 3.63) is 17.8 Å². The summed E-state index contributed by atoms with van der Waals surface area (Å²) in [6.45, 7) is 2.37. The molecule has 1 aromatic rings. The molecule has 0 unspecified atom stereocenters. The minimum Gasteiger partial charge on any atom is -0.445 e. The normalized spacial score (nSPS) is 13.2. The van der Waals surface area contributed by atoms with Crippen molar-refractivity contribution in [1.29, 1.82) is 0 Å². The van der Waals surface area contributed by atoms with E-state index in [1.807, 2.05) is 6.92 Å². The maximum absolute atomic E-state index is 8.98. The first-order valence-corrected chi connectivity index (χ1v) is 4.13. The molecule has 0 aromatic carbocycles. The van der Waals surface area contributed by atoms with E-state index in [1.165, 1.54) is 0 Å². The number of aliphatic hydroxyl groups is 2. The lowest BCUT2D eigenvalue weighted by atomic mass is 10.4. The van der Waals surface area contributed by atoms with Gasteiger partial charge >= 0.3 is 0 Å². The summed E-state index contributed by atoms with van der Waals surface area (Å²) in [6, 6.07) is 0. The Morgan fingerprint density at radius 3 is 3.00 bits per heavy atom. The van der Waals surface area contributed by atoms with Gasteiger partial charge in [-0.05, 0) is 6.92 Å². The van der Waals surface area contributed by atoms with Gasteiger partial charge in [0.25, 0.3) is 0 Å². The fourth-order valence-electron chi connectivity index (χ4n) is 0.893. The first-order chi connectivity index (χ1) is 6.22. The number of nitrogens with zero attached hydrogens (tertiary/aromatic N) is 1. The summed E-state index contributed by atoms with van der Waals surface area (Å²) in [6.07, 6.45) is 0.913. The Balaban J connectivity index is 2.20. The minimum atomic E-state index is -0.726. The Kier molecular flexibility index (Phi) is 3.88. The molecular weight excluding hydrogens is 172 g/mol. The molecule has 0 amide bonds. The molecule has 0 aliphatic rings. The number of aromatic nitrogens is 1. The number of rotatable bonds is 5. The highest BCUT2D eigenvalue weighted by molar-refractivity contribution is 4.90. The molecule has 1 heterocycles. The van der Waals surface area contributed by atoms with E-state index in [-0.39, 0.29) is 6.61 Å². The van der Waals surface area contributed by atoms with Crippen molar-refractivity contribution in [1.82, 2.24) is 10.3 Å². The molecule has 0 fully saturated rings. The Hall–Kier alpha value is -0.910. The monoisotopic (exact) mass is 186 g/mol. The molecule has 0 aliphatic heterocycles. The zero-order chi connectivity index (χ0) is 9.68. The van der Waals surface area contributed by atoms with Crippen molar-refractivity contribution >= 4 is 0 Å². The quantitative estimate of drug-likeness (QED) is 0.573. The summed E-state index contributed by atoms with van der Waals surface area (Å²) in [7, 11) is 0. The van der Waals surface area contributed by atoms with E-state index < -0.39 is 6.10 Å². The van der Waals surface area contributed by atoms with Gasteiger partial charge in [-0.15, -0.1) is 0 Å². The minimum absolute atomic E-state index is 0.238. The van der Waals surface area contributed by atoms with Crippen LogP contribution in [0.1, 0.15) is 11.7 Å². The summed E-state index contributed by atoms with van der Waals surface area (Å²) in [5, 5.41) is 20.4. The lowest BCUT2D eigenvalue weighted by Gasteiger charge is -2.06. The van der Waals surface area contributed by atoms with E-state index in [1.54, 1.807) is 6.20 Å². The third-order valence-electron chi connectivity index (χ3n) is 1.54. The van der Waals surface area contributed by atoms with Crippen LogP contribution in [0, 0.1) is 6.92 Å². The van der Waals surface area contributed by atoms with Gasteiger partial charge in [0, 0.05) is 6.54 Å². The molecule has 0 spiro atoms. The lowest BCUT2D eigenvalue weighted by Crippen LogP contribution is -2.28. The second-order valence-electron chi connectivity index (χ2n) is 2.83. The van der Waals surface area contributed by atoms with Crippen molar-refractivity contribution in [2.24, 2.45) is 0 Å². The van der Waals surface area contributed by atoms with Gasteiger partial charge in [-0.1, -0.05) is 0 Å². The van der Waals surface area contributed by atoms with Crippen LogP contribution in [0.5, 0.6) is 0 Å². The third-order valence-corrected chi connectivity index (χ3v) is 1.54. The molecule has 13 heavy (non-hydrogen) atoms. The maximum atomic E-state index is 8.98. The summed E-state index contributed by atoms with van der Waals surface area (Å²) in [5.41, 5.74) is 0. The van der Waals surface area contributed by atoms with Crippen molar-refractivity contribution in [3.63, 3.8) is 0 Å². The number of oxazole rings is 1. The van der Waals surface area contributed by atoms with Crippen LogP contribution < -0.4 is 5.32 Å². The first kappa shape index (κ1) is 10.2. The molecule has 5 nitrogen and oxygen atoms in total. The highest BCUT2D eigenvalue weighted by atomic mass is 16.4. The standard InChI is InChI=1S/C8H14N2O3/c1-6-2-10-8(13-6)4-9-3-7(12)5-11/h2,7,9,11-12H,3-5H2,1H3/t7-/m0/s1. The second kappa shape index (κ2) is 4.96. The topological polar surface area (TPSA) is 78.5 Å². The molecule has 1 rings (SSSR count). The number of hydrogen-bond donors (Lipinski definition) is 3. The van der Waals surface area contributed by atoms with Crippen LogP contribution in [0.25, 0.3) is 0 Å². The van der Waals surface area contributed by atoms with E-state index >= 15 is 0 Å². The Bertz CT molecular complexity index is 249. The number of hydrogen-bond acceptors (Lipinski definition) is 5. The molecule has 5 heteroatoms. The first-order valence-electron chi connectivity index (χ1n) is 4.13. The van der Waals surface area contributed by atoms with Crippen LogP contribution in [-0.2, 0) is 6.54 Å². The van der Waals surface area contributed by atoms with Gasteiger partial charge in [-0.2, -0.15) is 0 Å². The van der Waals surface area contributed by atoms with E-state index in [0.717, 1.165) is 5.76 Å². The van der Waals surface area contributed by atoms with Crippen LogP contribution in [0.2, 0.25) is 0 Å². The molecule has 0 bridgehead atoms. The van der Waals surface area contributed by atoms with Crippen molar-refractivity contribution in [2.45, 2.75) is 19.6 Å².